The molecule has 0 radical (unpaired) electrons. The number of nitrogens with one attached hydrogen (secondary N) is 1. The zero-order valence-corrected chi connectivity index (χ0v) is 16.3. The Balaban J connectivity index is 1.56. The monoisotopic (exact) mass is 394 g/mol. The van der Waals surface area contributed by atoms with Crippen LogP contribution in [-0.2, 0) is 9.59 Å². The number of fused-ring (bicyclic) bond motifs is 2. The number of benzene rings is 2. The molecule has 3 atom stereocenters. The van der Waals surface area contributed by atoms with Gasteiger partial charge < -0.3 is 15.3 Å². The topological polar surface area (TPSA) is 86.7 Å². The fraction of sp³-hybridized carbons (Fsp3) is 0.435. The first-order valence-electron chi connectivity index (χ1n) is 10.4. The van der Waals surface area contributed by atoms with E-state index in [1.165, 1.54) is 0 Å². The van der Waals surface area contributed by atoms with E-state index in [2.05, 4.69) is 5.32 Å². The SMILES string of the molecule is O=C(N[C@H]1CCCC[C@H]2CCC[C@@H](C(=O)O)N2C1=O)c1ccc2ccccc2c1. The molecule has 0 aliphatic carbocycles. The number of piperidine rings is 1. The lowest BCUT2D eigenvalue weighted by Crippen LogP contribution is -2.59. The Kier molecular flexibility index (Phi) is 5.51. The van der Waals surface area contributed by atoms with Crippen molar-refractivity contribution in [3.05, 3.63) is 48.0 Å². The summed E-state index contributed by atoms with van der Waals surface area (Å²) in [5.41, 5.74) is 0.503. The second-order valence-electron chi connectivity index (χ2n) is 8.06. The molecule has 0 aromatic heterocycles. The molecule has 0 unspecified atom stereocenters. The molecule has 0 bridgehead atoms. The predicted octanol–water partition coefficient (Wildman–Crippen LogP) is 3.35. The van der Waals surface area contributed by atoms with Crippen molar-refractivity contribution in [1.29, 1.82) is 0 Å². The molecule has 2 amide bonds. The van der Waals surface area contributed by atoms with Gasteiger partial charge in [0.1, 0.15) is 12.1 Å². The molecule has 0 saturated carbocycles. The molecule has 2 aliphatic heterocycles. The van der Waals surface area contributed by atoms with Crippen molar-refractivity contribution in [2.24, 2.45) is 0 Å². The molecule has 2 N–H and O–H groups in total. The standard InChI is InChI=1S/C23H26N2O4/c26-21(17-13-12-15-6-1-2-7-16(15)14-17)24-19-10-4-3-8-18-9-5-11-20(23(28)29)25(18)22(19)27/h1-2,6-7,12-14,18-20H,3-5,8-11H2,(H,24,26)(H,28,29)/t18-,19-,20-/m0/s1. The van der Waals surface area contributed by atoms with Gasteiger partial charge in [0.25, 0.3) is 5.91 Å². The molecule has 6 heteroatoms. The van der Waals surface area contributed by atoms with Crippen molar-refractivity contribution in [3.8, 4) is 0 Å². The van der Waals surface area contributed by atoms with E-state index in [4.69, 9.17) is 0 Å². The van der Waals surface area contributed by atoms with Crippen molar-refractivity contribution in [3.63, 3.8) is 0 Å². The Morgan fingerprint density at radius 1 is 0.931 bits per heavy atom. The lowest BCUT2D eigenvalue weighted by atomic mass is 9.88. The minimum Gasteiger partial charge on any atom is -0.480 e. The minimum atomic E-state index is -0.955. The molecule has 2 heterocycles. The van der Waals surface area contributed by atoms with Gasteiger partial charge in [-0.05, 0) is 55.0 Å². The van der Waals surface area contributed by atoms with Gasteiger partial charge in [-0.2, -0.15) is 0 Å². The summed E-state index contributed by atoms with van der Waals surface area (Å²) < 4.78 is 0. The van der Waals surface area contributed by atoms with Crippen molar-refractivity contribution in [2.45, 2.75) is 63.1 Å². The van der Waals surface area contributed by atoms with E-state index in [0.29, 0.717) is 18.4 Å². The average Bonchev–Trinajstić information content (AvgIpc) is 2.73. The average molecular weight is 394 g/mol. The lowest BCUT2D eigenvalue weighted by molar-refractivity contribution is -0.156. The third-order valence-electron chi connectivity index (χ3n) is 6.18. The molecule has 6 nitrogen and oxygen atoms in total. The van der Waals surface area contributed by atoms with Gasteiger partial charge in [-0.3, -0.25) is 9.59 Å². The second-order valence-corrected chi connectivity index (χ2v) is 8.06. The molecule has 0 spiro atoms. The first-order chi connectivity index (χ1) is 14.0. The third kappa shape index (κ3) is 3.97. The second kappa shape index (κ2) is 8.23. The highest BCUT2D eigenvalue weighted by Gasteiger charge is 2.41. The summed E-state index contributed by atoms with van der Waals surface area (Å²) in [5.74, 6) is -1.51. The van der Waals surface area contributed by atoms with Crippen molar-refractivity contribution < 1.29 is 19.5 Å². The third-order valence-corrected chi connectivity index (χ3v) is 6.18. The van der Waals surface area contributed by atoms with Crippen LogP contribution in [0.5, 0.6) is 0 Å². The summed E-state index contributed by atoms with van der Waals surface area (Å²) in [4.78, 5) is 39.5. The molecule has 2 aliphatic rings. The molecule has 2 fully saturated rings. The maximum absolute atomic E-state index is 13.3. The van der Waals surface area contributed by atoms with Crippen molar-refractivity contribution >= 4 is 28.6 Å². The van der Waals surface area contributed by atoms with Crippen LogP contribution < -0.4 is 5.32 Å². The highest BCUT2D eigenvalue weighted by atomic mass is 16.4. The first-order valence-corrected chi connectivity index (χ1v) is 10.4. The van der Waals surface area contributed by atoms with Crippen LogP contribution in [0, 0.1) is 0 Å². The number of carbonyl (C=O) groups excluding carboxylic acids is 2. The van der Waals surface area contributed by atoms with Gasteiger partial charge in [0, 0.05) is 11.6 Å². The molecular weight excluding hydrogens is 368 g/mol. The van der Waals surface area contributed by atoms with Crippen LogP contribution in [0.3, 0.4) is 0 Å². The highest BCUT2D eigenvalue weighted by molar-refractivity contribution is 6.01. The molecule has 4 rings (SSSR count). The van der Waals surface area contributed by atoms with E-state index in [-0.39, 0.29) is 17.9 Å². The largest absolute Gasteiger partial charge is 0.480 e. The van der Waals surface area contributed by atoms with Gasteiger partial charge in [0.05, 0.1) is 0 Å². The van der Waals surface area contributed by atoms with Crippen LogP contribution in [0.1, 0.15) is 55.3 Å². The van der Waals surface area contributed by atoms with Crippen LogP contribution in [-0.4, -0.2) is 45.9 Å². The van der Waals surface area contributed by atoms with E-state index >= 15 is 0 Å². The Hall–Kier alpha value is -2.89. The molecular formula is C23H26N2O4. The number of nitrogens with zero attached hydrogens (tertiary/aromatic N) is 1. The molecule has 2 aromatic carbocycles. The van der Waals surface area contributed by atoms with Crippen LogP contribution in [0.4, 0.5) is 0 Å². The smallest absolute Gasteiger partial charge is 0.326 e. The number of rotatable bonds is 3. The minimum absolute atomic E-state index is 0.0438. The molecule has 2 saturated heterocycles. The van der Waals surface area contributed by atoms with Crippen LogP contribution in [0.2, 0.25) is 0 Å². The number of carboxylic acid groups (broad SMARTS) is 1. The number of amides is 2. The Bertz CT molecular complexity index is 941. The van der Waals surface area contributed by atoms with Crippen molar-refractivity contribution in [1.82, 2.24) is 10.2 Å². The van der Waals surface area contributed by atoms with Crippen LogP contribution >= 0.6 is 0 Å². The van der Waals surface area contributed by atoms with Gasteiger partial charge in [-0.15, -0.1) is 0 Å². The maximum Gasteiger partial charge on any atom is 0.326 e. The number of carbonyl (C=O) groups is 3. The predicted molar refractivity (Wildman–Crippen MR) is 110 cm³/mol. The number of hydrogen-bond donors (Lipinski definition) is 2. The normalized spacial score (nSPS) is 25.0. The van der Waals surface area contributed by atoms with E-state index in [0.717, 1.165) is 42.9 Å². The van der Waals surface area contributed by atoms with Crippen LogP contribution in [0.15, 0.2) is 42.5 Å². The fourth-order valence-corrected chi connectivity index (χ4v) is 4.68. The van der Waals surface area contributed by atoms with Gasteiger partial charge >= 0.3 is 5.97 Å². The fourth-order valence-electron chi connectivity index (χ4n) is 4.68. The van der Waals surface area contributed by atoms with Gasteiger partial charge in [-0.1, -0.05) is 43.2 Å². The molecule has 29 heavy (non-hydrogen) atoms. The summed E-state index contributed by atoms with van der Waals surface area (Å²) in [6.07, 6.45) is 5.28. The Morgan fingerprint density at radius 3 is 2.45 bits per heavy atom. The molecule has 2 aromatic rings. The summed E-state index contributed by atoms with van der Waals surface area (Å²) in [7, 11) is 0. The number of aliphatic carboxylic acids is 1. The summed E-state index contributed by atoms with van der Waals surface area (Å²) >= 11 is 0. The van der Waals surface area contributed by atoms with E-state index in [9.17, 15) is 19.5 Å². The highest BCUT2D eigenvalue weighted by Crippen LogP contribution is 2.30. The first kappa shape index (κ1) is 19.4. The van der Waals surface area contributed by atoms with E-state index < -0.39 is 18.1 Å². The zero-order chi connectivity index (χ0) is 20.4. The van der Waals surface area contributed by atoms with E-state index in [1.54, 1.807) is 11.0 Å². The zero-order valence-electron chi connectivity index (χ0n) is 16.3. The quantitative estimate of drug-likeness (QED) is 0.836. The number of carboxylic acids is 1. The van der Waals surface area contributed by atoms with Crippen molar-refractivity contribution in [2.75, 3.05) is 0 Å². The summed E-state index contributed by atoms with van der Waals surface area (Å²) in [6, 6.07) is 11.8. The lowest BCUT2D eigenvalue weighted by Gasteiger charge is -2.43. The summed E-state index contributed by atoms with van der Waals surface area (Å²) in [5, 5.41) is 14.5. The summed E-state index contributed by atoms with van der Waals surface area (Å²) in [6.45, 7) is 0. The van der Waals surface area contributed by atoms with Gasteiger partial charge in [0.2, 0.25) is 5.91 Å². The Morgan fingerprint density at radius 2 is 1.66 bits per heavy atom. The van der Waals surface area contributed by atoms with Gasteiger partial charge in [0.15, 0.2) is 0 Å². The Labute approximate surface area is 169 Å². The molecule has 152 valence electrons. The van der Waals surface area contributed by atoms with Gasteiger partial charge in [-0.25, -0.2) is 4.79 Å². The maximum atomic E-state index is 13.3. The van der Waals surface area contributed by atoms with Crippen LogP contribution in [0.25, 0.3) is 10.8 Å². The number of hydrogen-bond acceptors (Lipinski definition) is 3. The van der Waals surface area contributed by atoms with E-state index in [1.807, 2.05) is 36.4 Å².